The van der Waals surface area contributed by atoms with Gasteiger partial charge >= 0.3 is 0 Å². The van der Waals surface area contributed by atoms with Crippen LogP contribution in [0.2, 0.25) is 0 Å². The van der Waals surface area contributed by atoms with E-state index >= 15 is 0 Å². The van der Waals surface area contributed by atoms with Crippen molar-refractivity contribution < 1.29 is 0 Å². The maximum Gasteiger partial charge on any atom is 0.146 e. The number of nitrogens with zero attached hydrogens (tertiary/aromatic N) is 3. The summed E-state index contributed by atoms with van der Waals surface area (Å²) in [5, 5.41) is 9.61. The molecule has 0 radical (unpaired) electrons. The highest BCUT2D eigenvalue weighted by Gasteiger charge is 2.00. The van der Waals surface area contributed by atoms with Gasteiger partial charge < -0.3 is 10.6 Å². The number of hydrogen-bond acceptors (Lipinski definition) is 6. The van der Waals surface area contributed by atoms with Crippen molar-refractivity contribution in [1.29, 1.82) is 0 Å². The van der Waals surface area contributed by atoms with Crippen LogP contribution in [0.1, 0.15) is 17.6 Å². The first-order valence-corrected chi connectivity index (χ1v) is 6.86. The molecule has 0 amide bonds. The number of anilines is 2. The van der Waals surface area contributed by atoms with Crippen molar-refractivity contribution in [3.05, 3.63) is 28.5 Å². The zero-order chi connectivity index (χ0) is 12.8. The number of nitrogens with one attached hydrogen (secondary N) is 2. The lowest BCUT2D eigenvalue weighted by atomic mass is 10.4. The van der Waals surface area contributed by atoms with Crippen LogP contribution in [0.25, 0.3) is 0 Å². The van der Waals surface area contributed by atoms with Crippen LogP contribution >= 0.6 is 11.3 Å². The molecule has 6 heteroatoms. The van der Waals surface area contributed by atoms with Crippen LogP contribution in [0.3, 0.4) is 0 Å². The zero-order valence-electron chi connectivity index (χ0n) is 10.6. The second-order valence-electron chi connectivity index (χ2n) is 3.88. The molecule has 2 heterocycles. The van der Waals surface area contributed by atoms with Crippen LogP contribution in [0.4, 0.5) is 11.6 Å². The molecule has 96 valence electrons. The molecule has 0 aromatic carbocycles. The lowest BCUT2D eigenvalue weighted by Gasteiger charge is -2.06. The van der Waals surface area contributed by atoms with Gasteiger partial charge in [0.25, 0.3) is 0 Å². The minimum atomic E-state index is 0.793. The summed E-state index contributed by atoms with van der Waals surface area (Å²) >= 11 is 1.70. The smallest absolute Gasteiger partial charge is 0.146 e. The number of aromatic nitrogens is 3. The van der Waals surface area contributed by atoms with E-state index in [-0.39, 0.29) is 0 Å². The SMILES string of the molecule is CCNc1cncc(NCCc2nc(C)cs2)n1. The average molecular weight is 263 g/mol. The minimum absolute atomic E-state index is 0.793. The van der Waals surface area contributed by atoms with Crippen LogP contribution in [0.15, 0.2) is 17.8 Å². The molecule has 0 aliphatic carbocycles. The van der Waals surface area contributed by atoms with Crippen molar-refractivity contribution in [2.45, 2.75) is 20.3 Å². The second kappa shape index (κ2) is 6.30. The summed E-state index contributed by atoms with van der Waals surface area (Å²) in [6.45, 7) is 5.71. The maximum absolute atomic E-state index is 4.42. The summed E-state index contributed by atoms with van der Waals surface area (Å²) in [6.07, 6.45) is 4.36. The van der Waals surface area contributed by atoms with Gasteiger partial charge in [-0.15, -0.1) is 11.3 Å². The number of hydrogen-bond donors (Lipinski definition) is 2. The Morgan fingerprint density at radius 2 is 1.94 bits per heavy atom. The molecule has 0 aliphatic heterocycles. The Morgan fingerprint density at radius 3 is 2.61 bits per heavy atom. The number of thiazole rings is 1. The van der Waals surface area contributed by atoms with Crippen LogP contribution in [-0.2, 0) is 6.42 Å². The fraction of sp³-hybridized carbons (Fsp3) is 0.417. The zero-order valence-corrected chi connectivity index (χ0v) is 11.4. The highest BCUT2D eigenvalue weighted by Crippen LogP contribution is 2.10. The van der Waals surface area contributed by atoms with Crippen molar-refractivity contribution >= 4 is 23.0 Å². The molecule has 2 aromatic heterocycles. The van der Waals surface area contributed by atoms with Crippen molar-refractivity contribution in [3.8, 4) is 0 Å². The Morgan fingerprint density at radius 1 is 1.17 bits per heavy atom. The molecule has 0 bridgehead atoms. The predicted molar refractivity (Wildman–Crippen MR) is 75.2 cm³/mol. The van der Waals surface area contributed by atoms with Crippen molar-refractivity contribution in [3.63, 3.8) is 0 Å². The summed E-state index contributed by atoms with van der Waals surface area (Å²) in [5.41, 5.74) is 1.09. The molecule has 0 aliphatic rings. The fourth-order valence-electron chi connectivity index (χ4n) is 1.53. The van der Waals surface area contributed by atoms with Gasteiger partial charge in [-0.3, -0.25) is 4.98 Å². The standard InChI is InChI=1S/C12H17N5S/c1-3-14-10-6-13-7-11(17-10)15-5-4-12-16-9(2)8-18-12/h6-8H,3-5H2,1-2H3,(H2,14,15,17). The predicted octanol–water partition coefficient (Wildman–Crippen LogP) is 2.33. The first-order valence-electron chi connectivity index (χ1n) is 5.98. The van der Waals surface area contributed by atoms with E-state index in [1.54, 1.807) is 23.7 Å². The Bertz CT molecular complexity index is 497. The third-order valence-corrected chi connectivity index (χ3v) is 3.33. The lowest BCUT2D eigenvalue weighted by molar-refractivity contribution is 0.972. The molecule has 0 unspecified atom stereocenters. The highest BCUT2D eigenvalue weighted by atomic mass is 32.1. The summed E-state index contributed by atoms with van der Waals surface area (Å²) in [6, 6.07) is 0. The number of rotatable bonds is 6. The summed E-state index contributed by atoms with van der Waals surface area (Å²) in [4.78, 5) is 12.9. The van der Waals surface area contributed by atoms with Crippen LogP contribution < -0.4 is 10.6 Å². The lowest BCUT2D eigenvalue weighted by Crippen LogP contribution is -2.08. The van der Waals surface area contributed by atoms with Crippen LogP contribution in [0, 0.1) is 6.92 Å². The monoisotopic (exact) mass is 263 g/mol. The molecule has 5 nitrogen and oxygen atoms in total. The van der Waals surface area contributed by atoms with E-state index in [0.717, 1.165) is 41.8 Å². The van der Waals surface area contributed by atoms with Gasteiger partial charge in [-0.1, -0.05) is 0 Å². The van der Waals surface area contributed by atoms with Crippen molar-refractivity contribution in [2.75, 3.05) is 23.7 Å². The third kappa shape index (κ3) is 3.66. The van der Waals surface area contributed by atoms with Gasteiger partial charge in [0.1, 0.15) is 11.6 Å². The van der Waals surface area contributed by atoms with Crippen LogP contribution in [0.5, 0.6) is 0 Å². The summed E-state index contributed by atoms with van der Waals surface area (Å²) in [7, 11) is 0. The summed E-state index contributed by atoms with van der Waals surface area (Å²) in [5.74, 6) is 1.59. The van der Waals surface area contributed by atoms with E-state index in [1.165, 1.54) is 0 Å². The molecule has 0 saturated heterocycles. The molecule has 2 rings (SSSR count). The molecule has 0 atom stereocenters. The Hall–Kier alpha value is -1.69. The molecular weight excluding hydrogens is 246 g/mol. The van der Waals surface area contributed by atoms with E-state index in [4.69, 9.17) is 0 Å². The Kier molecular flexibility index (Phi) is 4.46. The van der Waals surface area contributed by atoms with Crippen LogP contribution in [-0.4, -0.2) is 28.0 Å². The van der Waals surface area contributed by atoms with E-state index in [9.17, 15) is 0 Å². The van der Waals surface area contributed by atoms with Gasteiger partial charge in [0.15, 0.2) is 0 Å². The molecule has 0 spiro atoms. The summed E-state index contributed by atoms with van der Waals surface area (Å²) < 4.78 is 0. The average Bonchev–Trinajstić information content (AvgIpc) is 2.76. The van der Waals surface area contributed by atoms with Gasteiger partial charge in [0.2, 0.25) is 0 Å². The van der Waals surface area contributed by atoms with Crippen molar-refractivity contribution in [2.24, 2.45) is 0 Å². The van der Waals surface area contributed by atoms with Gasteiger partial charge in [0.05, 0.1) is 17.4 Å². The van der Waals surface area contributed by atoms with Gasteiger partial charge in [-0.2, -0.15) is 0 Å². The second-order valence-corrected chi connectivity index (χ2v) is 4.82. The van der Waals surface area contributed by atoms with E-state index in [2.05, 4.69) is 31.0 Å². The largest absolute Gasteiger partial charge is 0.369 e. The highest BCUT2D eigenvalue weighted by molar-refractivity contribution is 7.09. The fourth-order valence-corrected chi connectivity index (χ4v) is 2.31. The van der Waals surface area contributed by atoms with Gasteiger partial charge in [-0.25, -0.2) is 9.97 Å². The first-order chi connectivity index (χ1) is 8.78. The first kappa shape index (κ1) is 12.8. The molecule has 2 N–H and O–H groups in total. The molecule has 0 saturated carbocycles. The van der Waals surface area contributed by atoms with Crippen molar-refractivity contribution in [1.82, 2.24) is 15.0 Å². The molecule has 18 heavy (non-hydrogen) atoms. The van der Waals surface area contributed by atoms with Gasteiger partial charge in [0, 0.05) is 30.6 Å². The maximum atomic E-state index is 4.42. The third-order valence-electron chi connectivity index (χ3n) is 2.30. The Balaban J connectivity index is 1.84. The molecular formula is C12H17N5S. The topological polar surface area (TPSA) is 62.7 Å². The van der Waals surface area contributed by atoms with E-state index in [0.29, 0.717) is 0 Å². The van der Waals surface area contributed by atoms with E-state index in [1.807, 2.05) is 13.8 Å². The Labute approximate surface area is 111 Å². The van der Waals surface area contributed by atoms with Gasteiger partial charge in [-0.05, 0) is 13.8 Å². The number of aryl methyl sites for hydroxylation is 1. The normalized spacial score (nSPS) is 10.3. The van der Waals surface area contributed by atoms with E-state index < -0.39 is 0 Å². The quantitative estimate of drug-likeness (QED) is 0.837. The molecule has 0 fully saturated rings. The molecule has 2 aromatic rings. The minimum Gasteiger partial charge on any atom is -0.369 e.